The van der Waals surface area contributed by atoms with Crippen LogP contribution in [0.3, 0.4) is 0 Å². The fourth-order valence-electron chi connectivity index (χ4n) is 1.86. The highest BCUT2D eigenvalue weighted by Crippen LogP contribution is 2.33. The molecule has 1 aromatic rings. The molecule has 18 heavy (non-hydrogen) atoms. The fraction of sp³-hybridized carbons (Fsp3) is 0.538. The Hall–Kier alpha value is -0.420. The van der Waals surface area contributed by atoms with E-state index in [1.807, 2.05) is 13.8 Å². The van der Waals surface area contributed by atoms with Gasteiger partial charge in [0.1, 0.15) is 10.7 Å². The highest BCUT2D eigenvalue weighted by molar-refractivity contribution is 9.09. The summed E-state index contributed by atoms with van der Waals surface area (Å²) in [5, 5.41) is 0.598. The van der Waals surface area contributed by atoms with E-state index in [1.165, 1.54) is 18.2 Å². The minimum absolute atomic E-state index is 0.0286. The Morgan fingerprint density at radius 1 is 1.22 bits per heavy atom. The van der Waals surface area contributed by atoms with Crippen molar-refractivity contribution >= 4 is 25.8 Å². The number of rotatable bonds is 6. The Kier molecular flexibility index (Phi) is 5.34. The van der Waals surface area contributed by atoms with Crippen molar-refractivity contribution in [2.24, 2.45) is 5.41 Å². The zero-order valence-corrected chi connectivity index (χ0v) is 13.0. The Balaban J connectivity index is 3.13. The van der Waals surface area contributed by atoms with Crippen LogP contribution in [0.1, 0.15) is 26.7 Å². The fourth-order valence-corrected chi connectivity index (χ4v) is 5.24. The molecule has 0 aliphatic rings. The smallest absolute Gasteiger partial charge is 0.181 e. The third kappa shape index (κ3) is 3.32. The van der Waals surface area contributed by atoms with Crippen molar-refractivity contribution in [3.63, 3.8) is 0 Å². The quantitative estimate of drug-likeness (QED) is 0.740. The van der Waals surface area contributed by atoms with E-state index in [0.717, 1.165) is 12.8 Å². The first-order valence-corrected chi connectivity index (χ1v) is 8.71. The predicted octanol–water partition coefficient (Wildman–Crippen LogP) is 3.80. The maximum absolute atomic E-state index is 13.6. The molecule has 0 amide bonds. The second kappa shape index (κ2) is 6.15. The molecule has 0 fully saturated rings. The van der Waals surface area contributed by atoms with Crippen LogP contribution in [0.4, 0.5) is 4.39 Å². The van der Waals surface area contributed by atoms with Gasteiger partial charge in [0.2, 0.25) is 0 Å². The van der Waals surface area contributed by atoms with Gasteiger partial charge in [0.05, 0.1) is 5.75 Å². The molecular weight excluding hydrogens is 319 g/mol. The van der Waals surface area contributed by atoms with E-state index >= 15 is 0 Å². The van der Waals surface area contributed by atoms with Crippen LogP contribution in [0.25, 0.3) is 0 Å². The topological polar surface area (TPSA) is 34.1 Å². The van der Waals surface area contributed by atoms with E-state index in [4.69, 9.17) is 0 Å². The van der Waals surface area contributed by atoms with Crippen molar-refractivity contribution in [1.29, 1.82) is 0 Å². The average Bonchev–Trinajstić information content (AvgIpc) is 2.36. The molecule has 5 heteroatoms. The SMILES string of the molecule is CCC(CC)(CBr)CS(=O)(=O)c1ccccc1F. The summed E-state index contributed by atoms with van der Waals surface area (Å²) in [6.07, 6.45) is 1.48. The summed E-state index contributed by atoms with van der Waals surface area (Å²) in [5.41, 5.74) is -0.332. The third-order valence-electron chi connectivity index (χ3n) is 3.45. The molecule has 1 rings (SSSR count). The third-order valence-corrected chi connectivity index (χ3v) is 6.63. The largest absolute Gasteiger partial charge is 0.224 e. The lowest BCUT2D eigenvalue weighted by atomic mass is 9.87. The molecule has 0 spiro atoms. The molecule has 0 aliphatic carbocycles. The van der Waals surface area contributed by atoms with Gasteiger partial charge in [0.15, 0.2) is 9.84 Å². The maximum atomic E-state index is 13.6. The lowest BCUT2D eigenvalue weighted by Gasteiger charge is -2.29. The molecule has 1 aromatic carbocycles. The van der Waals surface area contributed by atoms with Gasteiger partial charge in [-0.2, -0.15) is 0 Å². The van der Waals surface area contributed by atoms with Crippen LogP contribution in [0.2, 0.25) is 0 Å². The van der Waals surface area contributed by atoms with Gasteiger partial charge in [-0.05, 0) is 30.4 Å². The van der Waals surface area contributed by atoms with E-state index in [0.29, 0.717) is 5.33 Å². The standard InChI is InChI=1S/C13H18BrFO2S/c1-3-13(4-2,9-14)10-18(16,17)12-8-6-5-7-11(12)15/h5-8H,3-4,9-10H2,1-2H3. The Bertz CT molecular complexity index is 487. The average molecular weight is 337 g/mol. The number of hydrogen-bond acceptors (Lipinski definition) is 2. The highest BCUT2D eigenvalue weighted by atomic mass is 79.9. The number of sulfone groups is 1. The zero-order chi connectivity index (χ0) is 13.8. The van der Waals surface area contributed by atoms with Gasteiger partial charge < -0.3 is 0 Å². The van der Waals surface area contributed by atoms with Gasteiger partial charge in [-0.3, -0.25) is 0 Å². The lowest BCUT2D eigenvalue weighted by molar-refractivity contribution is 0.350. The second-order valence-corrected chi connectivity index (χ2v) is 7.05. The molecule has 0 unspecified atom stereocenters. The monoisotopic (exact) mass is 336 g/mol. The molecular formula is C13H18BrFO2S. The number of alkyl halides is 1. The van der Waals surface area contributed by atoms with Crippen LogP contribution < -0.4 is 0 Å². The summed E-state index contributed by atoms with van der Waals surface area (Å²) in [6.45, 7) is 3.92. The molecule has 0 heterocycles. The minimum Gasteiger partial charge on any atom is -0.224 e. The van der Waals surface area contributed by atoms with E-state index in [1.54, 1.807) is 6.07 Å². The molecule has 0 aliphatic heterocycles. The normalized spacial score (nSPS) is 12.7. The molecule has 0 saturated heterocycles. The van der Waals surface area contributed by atoms with Crippen molar-refractivity contribution < 1.29 is 12.8 Å². The van der Waals surface area contributed by atoms with Gasteiger partial charge in [-0.1, -0.05) is 41.9 Å². The molecule has 0 aromatic heterocycles. The summed E-state index contributed by atoms with van der Waals surface area (Å²) in [5.74, 6) is -0.702. The summed E-state index contributed by atoms with van der Waals surface area (Å²) >= 11 is 3.38. The summed E-state index contributed by atoms with van der Waals surface area (Å²) in [7, 11) is -3.59. The molecule has 0 saturated carbocycles. The van der Waals surface area contributed by atoms with Crippen LogP contribution in [0, 0.1) is 11.2 Å². The Labute approximate surface area is 117 Å². The van der Waals surface area contributed by atoms with Crippen LogP contribution in [0.5, 0.6) is 0 Å². The predicted molar refractivity (Wildman–Crippen MR) is 75.3 cm³/mol. The Morgan fingerprint density at radius 3 is 2.22 bits per heavy atom. The lowest BCUT2D eigenvalue weighted by Crippen LogP contribution is -2.31. The van der Waals surface area contributed by atoms with Crippen molar-refractivity contribution in [3.05, 3.63) is 30.1 Å². The van der Waals surface area contributed by atoms with E-state index in [9.17, 15) is 12.8 Å². The minimum atomic E-state index is -3.59. The molecule has 2 nitrogen and oxygen atoms in total. The molecule has 0 bridgehead atoms. The number of benzene rings is 1. The van der Waals surface area contributed by atoms with Gasteiger partial charge in [-0.25, -0.2) is 12.8 Å². The van der Waals surface area contributed by atoms with Crippen molar-refractivity contribution in [2.45, 2.75) is 31.6 Å². The first-order chi connectivity index (χ1) is 8.40. The van der Waals surface area contributed by atoms with Gasteiger partial charge in [0.25, 0.3) is 0 Å². The number of halogens is 2. The van der Waals surface area contributed by atoms with Crippen molar-refractivity contribution in [3.8, 4) is 0 Å². The number of hydrogen-bond donors (Lipinski definition) is 0. The van der Waals surface area contributed by atoms with Crippen LogP contribution in [-0.2, 0) is 9.84 Å². The van der Waals surface area contributed by atoms with Crippen LogP contribution >= 0.6 is 15.9 Å². The van der Waals surface area contributed by atoms with E-state index in [2.05, 4.69) is 15.9 Å². The molecule has 0 N–H and O–H groups in total. The van der Waals surface area contributed by atoms with Crippen molar-refractivity contribution in [2.75, 3.05) is 11.1 Å². The van der Waals surface area contributed by atoms with Gasteiger partial charge in [-0.15, -0.1) is 0 Å². The van der Waals surface area contributed by atoms with Gasteiger partial charge >= 0.3 is 0 Å². The molecule has 102 valence electrons. The molecule has 0 radical (unpaired) electrons. The first-order valence-electron chi connectivity index (χ1n) is 5.94. The Morgan fingerprint density at radius 2 is 1.78 bits per heavy atom. The van der Waals surface area contributed by atoms with E-state index < -0.39 is 15.7 Å². The van der Waals surface area contributed by atoms with E-state index in [-0.39, 0.29) is 16.1 Å². The first kappa shape index (κ1) is 15.6. The maximum Gasteiger partial charge on any atom is 0.181 e. The summed E-state index contributed by atoms with van der Waals surface area (Å²) in [4.78, 5) is -0.197. The summed E-state index contributed by atoms with van der Waals surface area (Å²) < 4.78 is 38.2. The summed E-state index contributed by atoms with van der Waals surface area (Å²) in [6, 6.07) is 5.55. The highest BCUT2D eigenvalue weighted by Gasteiger charge is 2.33. The van der Waals surface area contributed by atoms with Crippen LogP contribution in [0.15, 0.2) is 29.2 Å². The zero-order valence-electron chi connectivity index (χ0n) is 10.6. The van der Waals surface area contributed by atoms with Gasteiger partial charge in [0, 0.05) is 5.33 Å². The second-order valence-electron chi connectivity index (χ2n) is 4.53. The van der Waals surface area contributed by atoms with Crippen LogP contribution in [-0.4, -0.2) is 19.5 Å². The molecule has 0 atom stereocenters. The van der Waals surface area contributed by atoms with Crippen molar-refractivity contribution in [1.82, 2.24) is 0 Å².